The fourth-order valence-electron chi connectivity index (χ4n) is 2.06. The van der Waals surface area contributed by atoms with Gasteiger partial charge in [-0.2, -0.15) is 8.78 Å². The van der Waals surface area contributed by atoms with E-state index in [0.717, 1.165) is 6.07 Å². The molecule has 0 aliphatic carbocycles. The summed E-state index contributed by atoms with van der Waals surface area (Å²) in [5.74, 6) is -1.86. The Morgan fingerprint density at radius 3 is 2.59 bits per heavy atom. The average Bonchev–Trinajstić information content (AvgIpc) is 3.08. The van der Waals surface area contributed by atoms with Crippen molar-refractivity contribution < 1.29 is 41.9 Å². The molecule has 0 bridgehead atoms. The van der Waals surface area contributed by atoms with E-state index in [0.29, 0.717) is 5.76 Å². The van der Waals surface area contributed by atoms with Crippen LogP contribution in [0.2, 0.25) is 0 Å². The molecule has 0 fully saturated rings. The zero-order valence-electron chi connectivity index (χ0n) is 15.4. The van der Waals surface area contributed by atoms with E-state index in [4.69, 9.17) is 14.0 Å². The zero-order chi connectivity index (χ0) is 21.4. The van der Waals surface area contributed by atoms with Gasteiger partial charge in [-0.3, -0.25) is 14.4 Å². The highest BCUT2D eigenvalue weighted by molar-refractivity contribution is 5.97. The minimum absolute atomic E-state index is 0.0374. The molecule has 10 nitrogen and oxygen atoms in total. The molecule has 2 amide bonds. The standard InChI is InChI=1S/C17H17F2N3O7/c1-9-5-13(22-29-9)21-14(23)8-27-15(24)7-20-16(25)10-3-4-11(28-17(18)19)12(6-10)26-2/h3-6,17H,7-8H2,1-2H3,(H,20,25)(H,21,22,23). The van der Waals surface area contributed by atoms with E-state index >= 15 is 0 Å². The monoisotopic (exact) mass is 413 g/mol. The van der Waals surface area contributed by atoms with E-state index in [1.807, 2.05) is 0 Å². The van der Waals surface area contributed by atoms with Crippen LogP contribution in [0.15, 0.2) is 28.8 Å². The minimum atomic E-state index is -3.05. The third kappa shape index (κ3) is 6.75. The number of halogens is 2. The van der Waals surface area contributed by atoms with Crippen molar-refractivity contribution in [3.63, 3.8) is 0 Å². The van der Waals surface area contributed by atoms with Crippen molar-refractivity contribution in [2.75, 3.05) is 25.6 Å². The van der Waals surface area contributed by atoms with Gasteiger partial charge in [0, 0.05) is 11.6 Å². The molecular formula is C17H17F2N3O7. The van der Waals surface area contributed by atoms with Gasteiger partial charge in [-0.15, -0.1) is 0 Å². The van der Waals surface area contributed by atoms with E-state index in [9.17, 15) is 23.2 Å². The highest BCUT2D eigenvalue weighted by Gasteiger charge is 2.16. The van der Waals surface area contributed by atoms with Crippen molar-refractivity contribution in [2.45, 2.75) is 13.5 Å². The maximum Gasteiger partial charge on any atom is 0.387 e. The molecule has 1 aromatic heterocycles. The van der Waals surface area contributed by atoms with Gasteiger partial charge in [0.1, 0.15) is 12.3 Å². The first kappa shape index (κ1) is 21.6. The molecule has 0 radical (unpaired) electrons. The van der Waals surface area contributed by atoms with E-state index in [1.165, 1.54) is 25.3 Å². The number of carbonyl (C=O) groups excluding carboxylic acids is 3. The maximum absolute atomic E-state index is 12.3. The fraction of sp³-hybridized carbons (Fsp3) is 0.294. The van der Waals surface area contributed by atoms with Crippen molar-refractivity contribution in [1.29, 1.82) is 0 Å². The number of benzene rings is 1. The molecule has 0 atom stereocenters. The van der Waals surface area contributed by atoms with E-state index in [-0.39, 0.29) is 22.9 Å². The fourth-order valence-corrected chi connectivity index (χ4v) is 2.06. The van der Waals surface area contributed by atoms with Crippen LogP contribution in [0.25, 0.3) is 0 Å². The van der Waals surface area contributed by atoms with Crippen LogP contribution in [0.4, 0.5) is 14.6 Å². The number of carbonyl (C=O) groups is 3. The molecule has 0 unspecified atom stereocenters. The number of rotatable bonds is 9. The molecule has 156 valence electrons. The van der Waals surface area contributed by atoms with Gasteiger partial charge < -0.3 is 29.4 Å². The van der Waals surface area contributed by atoms with Crippen LogP contribution in [0.5, 0.6) is 11.5 Å². The molecule has 0 saturated heterocycles. The summed E-state index contributed by atoms with van der Waals surface area (Å²) in [6.45, 7) is -2.52. The number of amides is 2. The van der Waals surface area contributed by atoms with Crippen LogP contribution in [-0.4, -0.2) is 49.8 Å². The molecular weight excluding hydrogens is 396 g/mol. The molecule has 0 aliphatic heterocycles. The van der Waals surface area contributed by atoms with Gasteiger partial charge in [0.15, 0.2) is 23.9 Å². The Morgan fingerprint density at radius 1 is 1.21 bits per heavy atom. The minimum Gasteiger partial charge on any atom is -0.493 e. The van der Waals surface area contributed by atoms with Crippen LogP contribution in [0, 0.1) is 6.92 Å². The predicted molar refractivity (Wildman–Crippen MR) is 92.8 cm³/mol. The summed E-state index contributed by atoms with van der Waals surface area (Å²) in [6.07, 6.45) is 0. The largest absolute Gasteiger partial charge is 0.493 e. The van der Waals surface area contributed by atoms with Crippen LogP contribution < -0.4 is 20.1 Å². The Balaban J connectivity index is 1.80. The maximum atomic E-state index is 12.3. The third-order valence-electron chi connectivity index (χ3n) is 3.29. The lowest BCUT2D eigenvalue weighted by Gasteiger charge is -2.11. The number of nitrogens with one attached hydrogen (secondary N) is 2. The van der Waals surface area contributed by atoms with E-state index in [1.54, 1.807) is 6.92 Å². The summed E-state index contributed by atoms with van der Waals surface area (Å²) in [4.78, 5) is 35.4. The number of nitrogens with zero attached hydrogens (tertiary/aromatic N) is 1. The second-order valence-electron chi connectivity index (χ2n) is 5.46. The molecule has 2 N–H and O–H groups in total. The Bertz CT molecular complexity index is 886. The number of anilines is 1. The van der Waals surface area contributed by atoms with Crippen molar-refractivity contribution in [3.8, 4) is 11.5 Å². The van der Waals surface area contributed by atoms with Gasteiger partial charge in [0.2, 0.25) is 0 Å². The number of hydrogen-bond acceptors (Lipinski definition) is 8. The first-order chi connectivity index (χ1) is 13.8. The Morgan fingerprint density at radius 2 is 1.97 bits per heavy atom. The molecule has 0 spiro atoms. The van der Waals surface area contributed by atoms with Gasteiger partial charge in [-0.25, -0.2) is 0 Å². The van der Waals surface area contributed by atoms with Crippen molar-refractivity contribution in [2.24, 2.45) is 0 Å². The summed E-state index contributed by atoms with van der Waals surface area (Å²) in [5, 5.41) is 8.17. The van der Waals surface area contributed by atoms with Gasteiger partial charge in [0.25, 0.3) is 11.8 Å². The van der Waals surface area contributed by atoms with E-state index in [2.05, 4.69) is 20.5 Å². The van der Waals surface area contributed by atoms with Crippen LogP contribution in [0.3, 0.4) is 0 Å². The summed E-state index contributed by atoms with van der Waals surface area (Å²) in [5.41, 5.74) is 0.0374. The summed E-state index contributed by atoms with van der Waals surface area (Å²) in [7, 11) is 1.22. The van der Waals surface area contributed by atoms with Gasteiger partial charge in [-0.05, 0) is 25.1 Å². The topological polar surface area (TPSA) is 129 Å². The van der Waals surface area contributed by atoms with Crippen LogP contribution in [0.1, 0.15) is 16.1 Å². The first-order valence-corrected chi connectivity index (χ1v) is 8.08. The normalized spacial score (nSPS) is 10.4. The quantitative estimate of drug-likeness (QED) is 0.592. The second kappa shape index (κ2) is 10.0. The van der Waals surface area contributed by atoms with Gasteiger partial charge in [0.05, 0.1) is 7.11 Å². The van der Waals surface area contributed by atoms with Crippen molar-refractivity contribution in [3.05, 3.63) is 35.6 Å². The SMILES string of the molecule is COc1cc(C(=O)NCC(=O)OCC(=O)Nc2cc(C)on2)ccc1OC(F)F. The molecule has 2 rings (SSSR count). The van der Waals surface area contributed by atoms with Crippen molar-refractivity contribution in [1.82, 2.24) is 10.5 Å². The predicted octanol–water partition coefficient (Wildman–Crippen LogP) is 1.50. The molecule has 1 aromatic carbocycles. The first-order valence-electron chi connectivity index (χ1n) is 8.08. The van der Waals surface area contributed by atoms with Crippen LogP contribution >= 0.6 is 0 Å². The lowest BCUT2D eigenvalue weighted by molar-refractivity contribution is -0.146. The lowest BCUT2D eigenvalue weighted by atomic mass is 10.2. The molecule has 12 heteroatoms. The number of esters is 1. The number of ether oxygens (including phenoxy) is 3. The number of aryl methyl sites for hydroxylation is 1. The molecule has 0 aliphatic rings. The highest BCUT2D eigenvalue weighted by Crippen LogP contribution is 2.29. The van der Waals surface area contributed by atoms with Gasteiger partial charge >= 0.3 is 12.6 Å². The Kier molecular flexibility index (Phi) is 7.46. The summed E-state index contributed by atoms with van der Waals surface area (Å²) < 4.78 is 43.3. The number of alkyl halides is 2. The Hall–Kier alpha value is -3.70. The lowest BCUT2D eigenvalue weighted by Crippen LogP contribution is -2.32. The average molecular weight is 413 g/mol. The molecule has 0 saturated carbocycles. The third-order valence-corrected chi connectivity index (χ3v) is 3.29. The van der Waals surface area contributed by atoms with Crippen LogP contribution in [-0.2, 0) is 14.3 Å². The number of aromatic nitrogens is 1. The second-order valence-corrected chi connectivity index (χ2v) is 5.46. The summed E-state index contributed by atoms with van der Waals surface area (Å²) >= 11 is 0. The summed E-state index contributed by atoms with van der Waals surface area (Å²) in [6, 6.07) is 5.00. The number of methoxy groups -OCH3 is 1. The molecule has 1 heterocycles. The van der Waals surface area contributed by atoms with E-state index < -0.39 is 37.5 Å². The Labute approximate surface area is 163 Å². The van der Waals surface area contributed by atoms with Crippen molar-refractivity contribution >= 4 is 23.6 Å². The number of hydrogen-bond donors (Lipinski definition) is 2. The molecule has 29 heavy (non-hydrogen) atoms. The zero-order valence-corrected chi connectivity index (χ0v) is 15.4. The molecule has 2 aromatic rings. The highest BCUT2D eigenvalue weighted by atomic mass is 19.3. The van der Waals surface area contributed by atoms with Gasteiger partial charge in [-0.1, -0.05) is 5.16 Å². The smallest absolute Gasteiger partial charge is 0.387 e.